The van der Waals surface area contributed by atoms with Gasteiger partial charge in [-0.25, -0.2) is 0 Å². The molecule has 0 saturated heterocycles. The number of hydrogen-bond acceptors (Lipinski definition) is 0. The molecule has 0 amide bonds. The highest BCUT2D eigenvalue weighted by Crippen LogP contribution is 2.64. The normalized spacial score (nSPS) is 11.7. The van der Waals surface area contributed by atoms with Crippen LogP contribution in [0.1, 0.15) is 168 Å². The first kappa shape index (κ1) is 48.3. The van der Waals surface area contributed by atoms with E-state index in [-0.39, 0.29) is 34.0 Å². The quantitative estimate of drug-likeness (QED) is 0.0567. The Hall–Kier alpha value is 0.260. The van der Waals surface area contributed by atoms with Crippen molar-refractivity contribution >= 4 is 14.5 Å². The zero-order valence-electron chi connectivity index (χ0n) is 32.7. The third-order valence-corrected chi connectivity index (χ3v) is 20.4. The molecule has 48 heavy (non-hydrogen) atoms. The standard InChI is InChI=1S/C44H78P2.2BrH/c1-7-13-19-33-45(34-20-14-8-2,35-21-15-9-3)39-41-25-29-43(30-26-41)44-31-27-42(28-32-44)40-46(36-22-16-10-4,37-23-17-11-5)38-24-18-12-6;;/h25-32H,7-24,33-40H2,1-6H3;2*1H/q+2;;/p-2. The predicted molar refractivity (Wildman–Crippen MR) is 219 cm³/mol. The van der Waals surface area contributed by atoms with E-state index in [1.807, 2.05) is 0 Å². The first-order valence-corrected chi connectivity index (χ1v) is 25.4. The Morgan fingerprint density at radius 2 is 0.521 bits per heavy atom. The molecule has 0 aliphatic carbocycles. The fraction of sp³-hybridized carbons (Fsp3) is 0.727. The lowest BCUT2D eigenvalue weighted by atomic mass is 10.0. The molecule has 0 bridgehead atoms. The van der Waals surface area contributed by atoms with Crippen molar-refractivity contribution in [2.45, 2.75) is 169 Å². The van der Waals surface area contributed by atoms with Crippen molar-refractivity contribution in [2.24, 2.45) is 0 Å². The second-order valence-electron chi connectivity index (χ2n) is 15.0. The average Bonchev–Trinajstić information content (AvgIpc) is 3.06. The Morgan fingerprint density at radius 1 is 0.312 bits per heavy atom. The summed E-state index contributed by atoms with van der Waals surface area (Å²) in [7, 11) is -1.90. The van der Waals surface area contributed by atoms with E-state index in [0.717, 1.165) is 0 Å². The van der Waals surface area contributed by atoms with E-state index in [4.69, 9.17) is 0 Å². The van der Waals surface area contributed by atoms with Gasteiger partial charge in [0.15, 0.2) is 0 Å². The smallest absolute Gasteiger partial charge is 0.0842 e. The number of rotatable bonds is 29. The van der Waals surface area contributed by atoms with Gasteiger partial charge in [0.1, 0.15) is 0 Å². The maximum Gasteiger partial charge on any atom is 0.0842 e. The van der Waals surface area contributed by atoms with Crippen LogP contribution in [-0.2, 0) is 12.3 Å². The monoisotopic (exact) mass is 826 g/mol. The van der Waals surface area contributed by atoms with Crippen LogP contribution in [0.4, 0.5) is 0 Å². The lowest BCUT2D eigenvalue weighted by molar-refractivity contribution is -0.00100. The van der Waals surface area contributed by atoms with Gasteiger partial charge in [0.25, 0.3) is 0 Å². The molecule has 0 N–H and O–H groups in total. The summed E-state index contributed by atoms with van der Waals surface area (Å²) in [6, 6.07) is 19.8. The van der Waals surface area contributed by atoms with E-state index in [2.05, 4.69) is 90.1 Å². The van der Waals surface area contributed by atoms with E-state index in [9.17, 15) is 0 Å². The van der Waals surface area contributed by atoms with Crippen molar-refractivity contribution in [1.29, 1.82) is 0 Å². The summed E-state index contributed by atoms with van der Waals surface area (Å²) in [4.78, 5) is 0. The highest BCUT2D eigenvalue weighted by atomic mass is 79.9. The Labute approximate surface area is 323 Å². The first-order valence-electron chi connectivity index (χ1n) is 20.4. The maximum absolute atomic E-state index is 2.50. The third kappa shape index (κ3) is 19.2. The molecule has 2 aromatic rings. The Balaban J connectivity index is 0.0000110. The second kappa shape index (κ2) is 29.8. The topological polar surface area (TPSA) is 0 Å². The number of unbranched alkanes of at least 4 members (excludes halogenated alkanes) is 12. The molecule has 0 unspecified atom stereocenters. The van der Waals surface area contributed by atoms with Gasteiger partial charge in [-0.05, 0) is 60.8 Å². The molecule has 0 atom stereocenters. The van der Waals surface area contributed by atoms with E-state index in [0.29, 0.717) is 0 Å². The van der Waals surface area contributed by atoms with Crippen LogP contribution in [0.5, 0.6) is 0 Å². The van der Waals surface area contributed by atoms with E-state index < -0.39 is 14.5 Å². The van der Waals surface area contributed by atoms with Crippen LogP contribution < -0.4 is 34.0 Å². The van der Waals surface area contributed by atoms with Crippen molar-refractivity contribution in [3.05, 3.63) is 59.7 Å². The van der Waals surface area contributed by atoms with Crippen LogP contribution in [0.3, 0.4) is 0 Å². The van der Waals surface area contributed by atoms with Crippen molar-refractivity contribution in [3.63, 3.8) is 0 Å². The van der Waals surface area contributed by atoms with Gasteiger partial charge in [0.2, 0.25) is 0 Å². The summed E-state index contributed by atoms with van der Waals surface area (Å²) >= 11 is 0. The Kier molecular flexibility index (Phi) is 30.0. The first-order chi connectivity index (χ1) is 22.5. The van der Waals surface area contributed by atoms with Gasteiger partial charge in [0, 0.05) is 14.5 Å². The zero-order chi connectivity index (χ0) is 33.4. The molecule has 4 heteroatoms. The molecule has 2 aromatic carbocycles. The molecule has 2 rings (SSSR count). The minimum Gasteiger partial charge on any atom is -1.00 e. The Bertz CT molecular complexity index is 853. The van der Waals surface area contributed by atoms with Crippen molar-refractivity contribution in [2.75, 3.05) is 37.0 Å². The number of benzene rings is 2. The molecule has 0 radical (unpaired) electrons. The van der Waals surface area contributed by atoms with Crippen LogP contribution in [0.15, 0.2) is 48.5 Å². The lowest BCUT2D eigenvalue weighted by Crippen LogP contribution is -3.00. The van der Waals surface area contributed by atoms with Crippen LogP contribution in [0.2, 0.25) is 0 Å². The largest absolute Gasteiger partial charge is 1.00 e. The van der Waals surface area contributed by atoms with E-state index in [1.54, 1.807) is 11.1 Å². The highest BCUT2D eigenvalue weighted by molar-refractivity contribution is 7.75. The molecule has 0 nitrogen and oxygen atoms in total. The summed E-state index contributed by atoms with van der Waals surface area (Å²) in [5.74, 6) is 0. The van der Waals surface area contributed by atoms with Crippen LogP contribution >= 0.6 is 14.5 Å². The molecular weight excluding hydrogens is 750 g/mol. The SMILES string of the molecule is CCCCC[P+](CCCCC)(CCCCC)Cc1ccc(-c2ccc(C[P+](CCCCC)(CCCCC)CCCCC)cc2)cc1.[Br-].[Br-]. The van der Waals surface area contributed by atoms with E-state index >= 15 is 0 Å². The molecule has 0 aromatic heterocycles. The van der Waals surface area contributed by atoms with Gasteiger partial charge in [-0.1, -0.05) is 167 Å². The molecule has 0 heterocycles. The van der Waals surface area contributed by atoms with Gasteiger partial charge in [0.05, 0.1) is 49.3 Å². The van der Waals surface area contributed by atoms with E-state index in [1.165, 1.54) is 176 Å². The summed E-state index contributed by atoms with van der Waals surface area (Å²) in [5, 5.41) is 0. The van der Waals surface area contributed by atoms with Gasteiger partial charge < -0.3 is 34.0 Å². The summed E-state index contributed by atoms with van der Waals surface area (Å²) < 4.78 is 0. The molecule has 0 aliphatic rings. The minimum atomic E-state index is -0.949. The summed E-state index contributed by atoms with van der Waals surface area (Å²) in [6.07, 6.45) is 37.2. The van der Waals surface area contributed by atoms with Gasteiger partial charge in [-0.15, -0.1) is 0 Å². The highest BCUT2D eigenvalue weighted by Gasteiger charge is 2.37. The van der Waals surface area contributed by atoms with Crippen LogP contribution in [-0.4, -0.2) is 37.0 Å². The van der Waals surface area contributed by atoms with Crippen molar-refractivity contribution in [3.8, 4) is 11.1 Å². The number of hydrogen-bond donors (Lipinski definition) is 0. The van der Waals surface area contributed by atoms with Crippen LogP contribution in [0.25, 0.3) is 11.1 Å². The lowest BCUT2D eigenvalue weighted by Gasteiger charge is -2.29. The fourth-order valence-corrected chi connectivity index (χ4v) is 17.3. The fourth-order valence-electron chi connectivity index (χ4n) is 7.71. The Morgan fingerprint density at radius 3 is 0.708 bits per heavy atom. The molecule has 0 spiro atoms. The van der Waals surface area contributed by atoms with Gasteiger partial charge >= 0.3 is 0 Å². The summed E-state index contributed by atoms with van der Waals surface area (Å²) in [6.45, 7) is 14.2. The predicted octanol–water partition coefficient (Wildman–Crippen LogP) is 9.54. The molecular formula is C44H78Br2P2. The van der Waals surface area contributed by atoms with Gasteiger partial charge in [-0.3, -0.25) is 0 Å². The summed E-state index contributed by atoms with van der Waals surface area (Å²) in [5.41, 5.74) is 6.02. The van der Waals surface area contributed by atoms with Crippen molar-refractivity contribution < 1.29 is 34.0 Å². The molecule has 0 fully saturated rings. The molecule has 0 aliphatic heterocycles. The molecule has 0 saturated carbocycles. The van der Waals surface area contributed by atoms with Crippen molar-refractivity contribution in [1.82, 2.24) is 0 Å². The maximum atomic E-state index is 2.50. The van der Waals surface area contributed by atoms with Crippen LogP contribution in [0, 0.1) is 0 Å². The average molecular weight is 829 g/mol. The third-order valence-electron chi connectivity index (χ3n) is 10.7. The second-order valence-corrected chi connectivity index (χ2v) is 23.7. The zero-order valence-corrected chi connectivity index (χ0v) is 37.6. The molecule has 278 valence electrons. The minimum absolute atomic E-state index is 0. The number of halogens is 2. The van der Waals surface area contributed by atoms with Gasteiger partial charge in [-0.2, -0.15) is 0 Å².